The van der Waals surface area contributed by atoms with Gasteiger partial charge in [-0.05, 0) is 31.7 Å². The van der Waals surface area contributed by atoms with Crippen molar-refractivity contribution in [1.82, 2.24) is 0 Å². The van der Waals surface area contributed by atoms with Crippen molar-refractivity contribution >= 4 is 28.9 Å². The van der Waals surface area contributed by atoms with E-state index >= 15 is 0 Å². The fourth-order valence-electron chi connectivity index (χ4n) is 3.14. The Morgan fingerprint density at radius 3 is 2.41 bits per heavy atom. The number of likely N-dealkylation sites (N-methyl/N-ethyl adjacent to an activating group) is 2. The highest BCUT2D eigenvalue weighted by molar-refractivity contribution is 8.03. The minimum absolute atomic E-state index is 0.0278. The number of carbonyl (C=O) groups is 1. The molecule has 2 heterocycles. The SMILES string of the molecule is CCN1CCN(CC)c2cc(C(=O)C3CC=CS3)c(O)cc21. The Balaban J connectivity index is 2.01. The second kappa shape index (κ2) is 6.24. The van der Waals surface area contributed by atoms with Crippen LogP contribution >= 0.6 is 11.8 Å². The largest absolute Gasteiger partial charge is 0.507 e. The highest BCUT2D eigenvalue weighted by atomic mass is 32.2. The van der Waals surface area contributed by atoms with Crippen LogP contribution in [0.1, 0.15) is 30.6 Å². The zero-order valence-corrected chi connectivity index (χ0v) is 13.9. The minimum Gasteiger partial charge on any atom is -0.507 e. The van der Waals surface area contributed by atoms with E-state index in [1.165, 1.54) is 11.8 Å². The zero-order chi connectivity index (χ0) is 15.7. The lowest BCUT2D eigenvalue weighted by molar-refractivity contribution is 0.0988. The van der Waals surface area contributed by atoms with Crippen LogP contribution in [0.3, 0.4) is 0 Å². The smallest absolute Gasteiger partial charge is 0.180 e. The van der Waals surface area contributed by atoms with Gasteiger partial charge in [-0.1, -0.05) is 6.08 Å². The molecule has 0 saturated carbocycles. The van der Waals surface area contributed by atoms with Crippen molar-refractivity contribution in [3.8, 4) is 5.75 Å². The van der Waals surface area contributed by atoms with Crippen LogP contribution in [0.15, 0.2) is 23.6 Å². The lowest BCUT2D eigenvalue weighted by atomic mass is 10.0. The summed E-state index contributed by atoms with van der Waals surface area (Å²) in [6.07, 6.45) is 2.76. The Labute approximate surface area is 135 Å². The molecule has 1 atom stereocenters. The molecule has 22 heavy (non-hydrogen) atoms. The molecular weight excluding hydrogens is 296 g/mol. The van der Waals surface area contributed by atoms with Gasteiger partial charge in [0.05, 0.1) is 22.2 Å². The van der Waals surface area contributed by atoms with Gasteiger partial charge in [0.25, 0.3) is 0 Å². The van der Waals surface area contributed by atoms with E-state index in [1.807, 2.05) is 17.6 Å². The topological polar surface area (TPSA) is 43.8 Å². The summed E-state index contributed by atoms with van der Waals surface area (Å²) in [7, 11) is 0. The van der Waals surface area contributed by atoms with Crippen molar-refractivity contribution in [3.63, 3.8) is 0 Å². The minimum atomic E-state index is -0.0927. The van der Waals surface area contributed by atoms with Crippen molar-refractivity contribution in [3.05, 3.63) is 29.2 Å². The molecule has 0 spiro atoms. The van der Waals surface area contributed by atoms with Crippen molar-refractivity contribution in [2.45, 2.75) is 25.5 Å². The first-order valence-electron chi connectivity index (χ1n) is 7.87. The second-order valence-electron chi connectivity index (χ2n) is 5.61. The molecule has 4 nitrogen and oxygen atoms in total. The van der Waals surface area contributed by atoms with Gasteiger partial charge in [-0.25, -0.2) is 0 Å². The quantitative estimate of drug-likeness (QED) is 0.863. The zero-order valence-electron chi connectivity index (χ0n) is 13.1. The van der Waals surface area contributed by atoms with E-state index in [-0.39, 0.29) is 16.8 Å². The number of benzene rings is 1. The average Bonchev–Trinajstić information content (AvgIpc) is 3.07. The number of nitrogens with zero attached hydrogens (tertiary/aromatic N) is 2. The van der Waals surface area contributed by atoms with Crippen LogP contribution in [0.5, 0.6) is 5.75 Å². The van der Waals surface area contributed by atoms with Crippen LogP contribution in [-0.4, -0.2) is 42.3 Å². The molecule has 3 rings (SSSR count). The molecule has 0 saturated heterocycles. The third-order valence-electron chi connectivity index (χ3n) is 4.42. The maximum absolute atomic E-state index is 12.6. The van der Waals surface area contributed by atoms with Crippen LogP contribution in [-0.2, 0) is 0 Å². The van der Waals surface area contributed by atoms with E-state index in [0.717, 1.165) is 44.0 Å². The maximum Gasteiger partial charge on any atom is 0.180 e. The summed E-state index contributed by atoms with van der Waals surface area (Å²) < 4.78 is 0. The van der Waals surface area contributed by atoms with Gasteiger partial charge in [-0.2, -0.15) is 0 Å². The lowest BCUT2D eigenvalue weighted by Crippen LogP contribution is -2.41. The summed E-state index contributed by atoms with van der Waals surface area (Å²) in [6, 6.07) is 3.65. The first-order chi connectivity index (χ1) is 10.7. The fraction of sp³-hybridized carbons (Fsp3) is 0.471. The number of ketones is 1. The summed E-state index contributed by atoms with van der Waals surface area (Å²) in [5.41, 5.74) is 2.55. The predicted molar refractivity (Wildman–Crippen MR) is 93.3 cm³/mol. The molecule has 1 unspecified atom stereocenters. The lowest BCUT2D eigenvalue weighted by Gasteiger charge is -2.38. The van der Waals surface area contributed by atoms with Crippen LogP contribution in [0.25, 0.3) is 0 Å². The van der Waals surface area contributed by atoms with Crippen molar-refractivity contribution in [2.24, 2.45) is 0 Å². The number of phenolic OH excluding ortho intramolecular Hbond substituents is 1. The molecule has 1 aromatic carbocycles. The normalized spacial score (nSPS) is 20.4. The molecule has 118 valence electrons. The van der Waals surface area contributed by atoms with Gasteiger partial charge in [0.2, 0.25) is 0 Å². The molecule has 0 amide bonds. The van der Waals surface area contributed by atoms with E-state index in [0.29, 0.717) is 5.56 Å². The van der Waals surface area contributed by atoms with Crippen molar-refractivity contribution in [2.75, 3.05) is 36.0 Å². The third-order valence-corrected chi connectivity index (χ3v) is 5.51. The predicted octanol–water partition coefficient (Wildman–Crippen LogP) is 3.26. The van der Waals surface area contributed by atoms with E-state index in [2.05, 4.69) is 23.6 Å². The van der Waals surface area contributed by atoms with Crippen LogP contribution in [0, 0.1) is 0 Å². The molecule has 0 aliphatic carbocycles. The monoisotopic (exact) mass is 318 g/mol. The van der Waals surface area contributed by atoms with Gasteiger partial charge in [0.1, 0.15) is 5.75 Å². The maximum atomic E-state index is 12.6. The molecule has 5 heteroatoms. The number of allylic oxidation sites excluding steroid dienone is 1. The van der Waals surface area contributed by atoms with Gasteiger partial charge in [0, 0.05) is 32.2 Å². The standard InChI is InChI=1S/C17H22N2O2S/c1-3-18-7-8-19(4-2)14-11-15(20)12(10-13(14)18)17(21)16-6-5-9-22-16/h5,9-11,16,20H,3-4,6-8H2,1-2H3. The Bertz CT molecular complexity index is 607. The number of fused-ring (bicyclic) bond motifs is 1. The molecule has 0 aromatic heterocycles. The van der Waals surface area contributed by atoms with Crippen LogP contribution in [0.4, 0.5) is 11.4 Å². The van der Waals surface area contributed by atoms with Gasteiger partial charge >= 0.3 is 0 Å². The number of hydrogen-bond acceptors (Lipinski definition) is 5. The number of carbonyl (C=O) groups excluding carboxylic acids is 1. The summed E-state index contributed by atoms with van der Waals surface area (Å²) in [4.78, 5) is 17.2. The van der Waals surface area contributed by atoms with Gasteiger partial charge < -0.3 is 14.9 Å². The molecule has 2 aliphatic rings. The summed E-state index contributed by atoms with van der Waals surface area (Å²) in [5.74, 6) is 0.132. The van der Waals surface area contributed by atoms with E-state index in [9.17, 15) is 9.90 Å². The molecule has 1 N–H and O–H groups in total. The summed E-state index contributed by atoms with van der Waals surface area (Å²) in [6.45, 7) is 7.95. The Morgan fingerprint density at radius 1 is 1.23 bits per heavy atom. The first kappa shape index (κ1) is 15.3. The first-order valence-corrected chi connectivity index (χ1v) is 8.81. The molecule has 0 radical (unpaired) electrons. The molecule has 0 fully saturated rings. The van der Waals surface area contributed by atoms with Crippen LogP contribution < -0.4 is 9.80 Å². The van der Waals surface area contributed by atoms with Gasteiger partial charge in [-0.3, -0.25) is 4.79 Å². The second-order valence-corrected chi connectivity index (χ2v) is 6.73. The van der Waals surface area contributed by atoms with E-state index < -0.39 is 0 Å². The van der Waals surface area contributed by atoms with E-state index in [1.54, 1.807) is 6.07 Å². The highest BCUT2D eigenvalue weighted by Crippen LogP contribution is 2.40. The number of rotatable bonds is 4. The molecule has 0 bridgehead atoms. The Hall–Kier alpha value is -1.62. The summed E-state index contributed by atoms with van der Waals surface area (Å²) >= 11 is 1.54. The highest BCUT2D eigenvalue weighted by Gasteiger charge is 2.28. The summed E-state index contributed by atoms with van der Waals surface area (Å²) in [5, 5.41) is 12.2. The number of hydrogen-bond donors (Lipinski definition) is 1. The van der Waals surface area contributed by atoms with Gasteiger partial charge in [0.15, 0.2) is 5.78 Å². The molecule has 2 aliphatic heterocycles. The number of Topliss-reactive ketones (excluding diaryl/α,β-unsaturated/α-hetero) is 1. The van der Waals surface area contributed by atoms with Crippen LogP contribution in [0.2, 0.25) is 0 Å². The average molecular weight is 318 g/mol. The van der Waals surface area contributed by atoms with Crippen molar-refractivity contribution < 1.29 is 9.90 Å². The molecule has 1 aromatic rings. The number of phenols is 1. The molecular formula is C17H22N2O2S. The Kier molecular flexibility index (Phi) is 4.34. The van der Waals surface area contributed by atoms with Gasteiger partial charge in [-0.15, -0.1) is 11.8 Å². The van der Waals surface area contributed by atoms with E-state index in [4.69, 9.17) is 0 Å². The third kappa shape index (κ3) is 2.58. The number of anilines is 2. The fourth-order valence-corrected chi connectivity index (χ4v) is 4.02. The Morgan fingerprint density at radius 2 is 1.86 bits per heavy atom. The number of thioether (sulfide) groups is 1. The van der Waals surface area contributed by atoms with Crippen molar-refractivity contribution in [1.29, 1.82) is 0 Å². The number of aromatic hydroxyl groups is 1.